The van der Waals surface area contributed by atoms with Crippen LogP contribution in [0.4, 0.5) is 0 Å². The number of H-pyrrole nitrogens is 1. The molecule has 1 aromatic carbocycles. The van der Waals surface area contributed by atoms with Gasteiger partial charge in [-0.15, -0.1) is 0 Å². The Morgan fingerprint density at radius 3 is 3.00 bits per heavy atom. The van der Waals surface area contributed by atoms with Crippen LogP contribution in [0.25, 0.3) is 17.0 Å². The Labute approximate surface area is 96.1 Å². The van der Waals surface area contributed by atoms with E-state index in [9.17, 15) is 0 Å². The largest absolute Gasteiger partial charge is 0.345 e. The fraction of sp³-hybridized carbons (Fsp3) is 0.214. The molecule has 0 fully saturated rings. The maximum atomic E-state index is 4.26. The summed E-state index contributed by atoms with van der Waals surface area (Å²) >= 11 is 0. The zero-order valence-corrected chi connectivity index (χ0v) is 9.70. The van der Waals surface area contributed by atoms with Crippen LogP contribution in [-0.4, -0.2) is 9.97 Å². The van der Waals surface area contributed by atoms with Gasteiger partial charge >= 0.3 is 0 Å². The molecule has 1 aromatic heterocycles. The molecule has 0 aliphatic heterocycles. The average Bonchev–Trinajstić information content (AvgIpc) is 2.83. The highest BCUT2D eigenvalue weighted by Gasteiger charge is 2.01. The van der Waals surface area contributed by atoms with E-state index in [-0.39, 0.29) is 0 Å². The van der Waals surface area contributed by atoms with Crippen molar-refractivity contribution in [3.05, 3.63) is 48.3 Å². The van der Waals surface area contributed by atoms with Crippen molar-refractivity contribution < 1.29 is 0 Å². The molecule has 82 valence electrons. The topological polar surface area (TPSA) is 28.7 Å². The molecule has 0 unspecified atom stereocenters. The smallest absolute Gasteiger partial charge is 0.137 e. The van der Waals surface area contributed by atoms with Gasteiger partial charge < -0.3 is 4.98 Å². The molecule has 0 aliphatic carbocycles. The van der Waals surface area contributed by atoms with E-state index in [0.29, 0.717) is 0 Å². The second kappa shape index (κ2) is 4.79. The Kier molecular flexibility index (Phi) is 3.20. The van der Waals surface area contributed by atoms with Crippen molar-refractivity contribution in [1.82, 2.24) is 9.97 Å². The van der Waals surface area contributed by atoms with E-state index in [1.807, 2.05) is 6.20 Å². The monoisotopic (exact) mass is 212 g/mol. The van der Waals surface area contributed by atoms with Gasteiger partial charge in [0.1, 0.15) is 5.82 Å². The first kappa shape index (κ1) is 10.7. The van der Waals surface area contributed by atoms with Crippen LogP contribution in [0, 0.1) is 0 Å². The number of nitrogens with one attached hydrogen (secondary N) is 1. The molecule has 0 bridgehead atoms. The Balaban J connectivity index is 2.37. The molecular weight excluding hydrogens is 196 g/mol. The van der Waals surface area contributed by atoms with E-state index < -0.39 is 0 Å². The van der Waals surface area contributed by atoms with Gasteiger partial charge in [0, 0.05) is 18.0 Å². The molecule has 0 atom stereocenters. The van der Waals surface area contributed by atoms with Crippen LogP contribution in [0.15, 0.2) is 42.7 Å². The molecule has 0 saturated heterocycles. The highest BCUT2D eigenvalue weighted by atomic mass is 14.9. The summed E-state index contributed by atoms with van der Waals surface area (Å²) in [4.78, 5) is 7.38. The molecule has 0 radical (unpaired) electrons. The lowest BCUT2D eigenvalue weighted by Crippen LogP contribution is -1.84. The van der Waals surface area contributed by atoms with E-state index in [1.54, 1.807) is 6.20 Å². The third-order valence-electron chi connectivity index (χ3n) is 2.60. The Morgan fingerprint density at radius 1 is 1.44 bits per heavy atom. The van der Waals surface area contributed by atoms with Crippen molar-refractivity contribution in [2.75, 3.05) is 0 Å². The van der Waals surface area contributed by atoms with E-state index in [4.69, 9.17) is 0 Å². The number of aromatic amines is 1. The minimum absolute atomic E-state index is 0.922. The molecule has 0 spiro atoms. The van der Waals surface area contributed by atoms with Crippen LogP contribution in [0.1, 0.15) is 25.8 Å². The fourth-order valence-corrected chi connectivity index (χ4v) is 1.76. The predicted molar refractivity (Wildman–Crippen MR) is 68.0 cm³/mol. The Bertz CT molecular complexity index is 481. The lowest BCUT2D eigenvalue weighted by atomic mass is 10.0. The predicted octanol–water partition coefficient (Wildman–Crippen LogP) is 3.89. The van der Waals surface area contributed by atoms with E-state index in [1.165, 1.54) is 11.1 Å². The number of benzene rings is 1. The third kappa shape index (κ3) is 2.22. The van der Waals surface area contributed by atoms with Gasteiger partial charge in [-0.05, 0) is 30.5 Å². The van der Waals surface area contributed by atoms with Crippen molar-refractivity contribution in [1.29, 1.82) is 0 Å². The van der Waals surface area contributed by atoms with Gasteiger partial charge in [0.25, 0.3) is 0 Å². The maximum Gasteiger partial charge on any atom is 0.137 e. The van der Waals surface area contributed by atoms with E-state index in [2.05, 4.69) is 54.2 Å². The van der Waals surface area contributed by atoms with Gasteiger partial charge in [0.05, 0.1) is 0 Å². The van der Waals surface area contributed by atoms with Crippen molar-refractivity contribution in [3.63, 3.8) is 0 Å². The van der Waals surface area contributed by atoms with Gasteiger partial charge in [0.2, 0.25) is 0 Å². The molecule has 0 aliphatic rings. The first-order valence-electron chi connectivity index (χ1n) is 5.58. The minimum Gasteiger partial charge on any atom is -0.345 e. The molecule has 1 N–H and O–H groups in total. The van der Waals surface area contributed by atoms with Crippen LogP contribution in [-0.2, 0) is 0 Å². The summed E-state index contributed by atoms with van der Waals surface area (Å²) < 4.78 is 0. The number of aromatic nitrogens is 2. The molecule has 0 saturated carbocycles. The molecule has 0 amide bonds. The first-order chi connectivity index (χ1) is 7.81. The molecule has 2 nitrogen and oxygen atoms in total. The summed E-state index contributed by atoms with van der Waals surface area (Å²) in [5.74, 6) is 0.922. The van der Waals surface area contributed by atoms with Crippen LogP contribution in [0.5, 0.6) is 0 Å². The third-order valence-corrected chi connectivity index (χ3v) is 2.60. The van der Waals surface area contributed by atoms with Crippen LogP contribution >= 0.6 is 0 Å². The normalized spacial score (nSPS) is 11.8. The zero-order chi connectivity index (χ0) is 11.4. The summed E-state index contributed by atoms with van der Waals surface area (Å²) in [5.41, 5.74) is 3.71. The quantitative estimate of drug-likeness (QED) is 0.821. The molecule has 2 rings (SSSR count). The van der Waals surface area contributed by atoms with Crippen molar-refractivity contribution in [2.24, 2.45) is 0 Å². The molecule has 16 heavy (non-hydrogen) atoms. The summed E-state index contributed by atoms with van der Waals surface area (Å²) in [6.45, 7) is 4.30. The van der Waals surface area contributed by atoms with Gasteiger partial charge in [-0.3, -0.25) is 0 Å². The highest BCUT2D eigenvalue weighted by Crippen LogP contribution is 2.21. The SMILES string of the molecule is CC/C=C(\C)c1cccc(-c2ncc[nH]2)c1. The average molecular weight is 212 g/mol. The number of rotatable bonds is 3. The zero-order valence-electron chi connectivity index (χ0n) is 9.70. The minimum atomic E-state index is 0.922. The lowest BCUT2D eigenvalue weighted by Gasteiger charge is -2.03. The molecule has 2 heteroatoms. The van der Waals surface area contributed by atoms with E-state index in [0.717, 1.165) is 17.8 Å². The standard InChI is InChI=1S/C14H16N2/c1-3-5-11(2)12-6-4-7-13(10-12)14-15-8-9-16-14/h4-10H,3H2,1-2H3,(H,15,16)/b11-5+. The molecule has 2 aromatic rings. The maximum absolute atomic E-state index is 4.26. The number of imidazole rings is 1. The second-order valence-corrected chi connectivity index (χ2v) is 3.81. The lowest BCUT2D eigenvalue weighted by molar-refractivity contribution is 1.22. The summed E-state index contributed by atoms with van der Waals surface area (Å²) in [5, 5.41) is 0. The second-order valence-electron chi connectivity index (χ2n) is 3.81. The van der Waals surface area contributed by atoms with Crippen molar-refractivity contribution >= 4 is 5.57 Å². The first-order valence-corrected chi connectivity index (χ1v) is 5.58. The molecular formula is C14H16N2. The van der Waals surface area contributed by atoms with Gasteiger partial charge in [0.15, 0.2) is 0 Å². The Hall–Kier alpha value is -1.83. The van der Waals surface area contributed by atoms with Gasteiger partial charge in [-0.1, -0.05) is 31.2 Å². The number of nitrogens with zero attached hydrogens (tertiary/aromatic N) is 1. The fourth-order valence-electron chi connectivity index (χ4n) is 1.76. The summed E-state index contributed by atoms with van der Waals surface area (Å²) in [6, 6.07) is 8.44. The van der Waals surface area contributed by atoms with Crippen LogP contribution in [0.2, 0.25) is 0 Å². The number of hydrogen-bond donors (Lipinski definition) is 1. The Morgan fingerprint density at radius 2 is 2.31 bits per heavy atom. The van der Waals surface area contributed by atoms with Crippen molar-refractivity contribution in [2.45, 2.75) is 20.3 Å². The van der Waals surface area contributed by atoms with Crippen LogP contribution in [0.3, 0.4) is 0 Å². The van der Waals surface area contributed by atoms with Gasteiger partial charge in [-0.2, -0.15) is 0 Å². The van der Waals surface area contributed by atoms with Crippen molar-refractivity contribution in [3.8, 4) is 11.4 Å². The summed E-state index contributed by atoms with van der Waals surface area (Å²) in [7, 11) is 0. The summed E-state index contributed by atoms with van der Waals surface area (Å²) in [6.07, 6.45) is 6.92. The number of allylic oxidation sites excluding steroid dienone is 2. The van der Waals surface area contributed by atoms with Crippen LogP contribution < -0.4 is 0 Å². The molecule has 1 heterocycles. The highest BCUT2D eigenvalue weighted by molar-refractivity contribution is 5.69. The van der Waals surface area contributed by atoms with Gasteiger partial charge in [-0.25, -0.2) is 4.98 Å². The van der Waals surface area contributed by atoms with E-state index >= 15 is 0 Å². The number of hydrogen-bond acceptors (Lipinski definition) is 1.